The molecule has 22 heavy (non-hydrogen) atoms. The van der Waals surface area contributed by atoms with Crippen molar-refractivity contribution in [3.8, 4) is 0 Å². The van der Waals surface area contributed by atoms with Gasteiger partial charge in [0.15, 0.2) is 0 Å². The Labute approximate surface area is 133 Å². The Morgan fingerprint density at radius 1 is 1.23 bits per heavy atom. The zero-order chi connectivity index (χ0) is 15.8. The molecule has 2 rings (SSSR count). The third-order valence-corrected chi connectivity index (χ3v) is 4.55. The van der Waals surface area contributed by atoms with Crippen LogP contribution in [0, 0.1) is 5.92 Å². The number of unbranched alkanes of at least 4 members (excludes halogenated alkanes) is 1. The van der Waals surface area contributed by atoms with Crippen LogP contribution in [0.4, 0.5) is 4.79 Å². The summed E-state index contributed by atoms with van der Waals surface area (Å²) in [6.07, 6.45) is 6.17. The summed E-state index contributed by atoms with van der Waals surface area (Å²) >= 11 is 0. The predicted molar refractivity (Wildman–Crippen MR) is 90.7 cm³/mol. The second-order valence-corrected chi connectivity index (χ2v) is 6.50. The Hall–Kier alpha value is -1.55. The summed E-state index contributed by atoms with van der Waals surface area (Å²) in [5, 5.41) is 6.06. The van der Waals surface area contributed by atoms with Crippen molar-refractivity contribution in [2.75, 3.05) is 6.54 Å². The van der Waals surface area contributed by atoms with E-state index in [1.54, 1.807) is 0 Å². The molecule has 3 atom stereocenters. The van der Waals surface area contributed by atoms with Crippen molar-refractivity contribution in [1.29, 1.82) is 0 Å². The molecule has 1 aliphatic carbocycles. The molecule has 1 aliphatic rings. The van der Waals surface area contributed by atoms with Gasteiger partial charge in [0.2, 0.25) is 0 Å². The molecule has 2 amide bonds. The van der Waals surface area contributed by atoms with E-state index in [1.165, 1.54) is 5.56 Å². The third kappa shape index (κ3) is 5.68. The quantitative estimate of drug-likeness (QED) is 0.707. The molecule has 0 aromatic heterocycles. The van der Waals surface area contributed by atoms with E-state index >= 15 is 0 Å². The number of rotatable bonds is 6. The monoisotopic (exact) mass is 303 g/mol. The maximum atomic E-state index is 11.9. The lowest BCUT2D eigenvalue weighted by atomic mass is 9.83. The maximum absolute atomic E-state index is 11.9. The Bertz CT molecular complexity index is 449. The van der Waals surface area contributed by atoms with Crippen LogP contribution in [-0.2, 0) is 6.42 Å². The molecular weight excluding hydrogens is 274 g/mol. The van der Waals surface area contributed by atoms with E-state index in [-0.39, 0.29) is 12.1 Å². The summed E-state index contributed by atoms with van der Waals surface area (Å²) < 4.78 is 0. The lowest BCUT2D eigenvalue weighted by Crippen LogP contribution is -2.49. The van der Waals surface area contributed by atoms with Gasteiger partial charge in [-0.3, -0.25) is 0 Å². The van der Waals surface area contributed by atoms with Crippen LogP contribution in [-0.4, -0.2) is 24.7 Å². The second kappa shape index (κ2) is 8.79. The Morgan fingerprint density at radius 2 is 2.00 bits per heavy atom. The van der Waals surface area contributed by atoms with Gasteiger partial charge in [0.1, 0.15) is 0 Å². The van der Waals surface area contributed by atoms with Crippen LogP contribution in [0.5, 0.6) is 0 Å². The van der Waals surface area contributed by atoms with E-state index in [0.29, 0.717) is 12.0 Å². The minimum atomic E-state index is -0.0352. The minimum absolute atomic E-state index is 0.0352. The minimum Gasteiger partial charge on any atom is -0.338 e. The standard InChI is InChI=1S/C18H29N3O/c1-14-13-16(19)10-11-17(14)21-18(22)20-12-6-5-9-15-7-3-2-4-8-15/h2-4,7-8,14,16-17H,5-6,9-13,19H2,1H3,(H2,20,21,22). The molecule has 122 valence electrons. The van der Waals surface area contributed by atoms with Gasteiger partial charge in [-0.2, -0.15) is 0 Å². The zero-order valence-corrected chi connectivity index (χ0v) is 13.6. The molecule has 1 fully saturated rings. The van der Waals surface area contributed by atoms with Crippen LogP contribution >= 0.6 is 0 Å². The molecule has 4 nitrogen and oxygen atoms in total. The van der Waals surface area contributed by atoms with Gasteiger partial charge in [0.05, 0.1) is 0 Å². The van der Waals surface area contributed by atoms with Crippen molar-refractivity contribution in [2.24, 2.45) is 11.7 Å². The van der Waals surface area contributed by atoms with Gasteiger partial charge in [-0.15, -0.1) is 0 Å². The first-order chi connectivity index (χ1) is 10.6. The molecule has 0 aliphatic heterocycles. The highest BCUT2D eigenvalue weighted by Gasteiger charge is 2.26. The van der Waals surface area contributed by atoms with Gasteiger partial charge in [-0.1, -0.05) is 37.3 Å². The number of amides is 2. The largest absolute Gasteiger partial charge is 0.338 e. The molecule has 1 aromatic carbocycles. The van der Waals surface area contributed by atoms with Gasteiger partial charge >= 0.3 is 6.03 Å². The first-order valence-corrected chi connectivity index (χ1v) is 8.49. The first-order valence-electron chi connectivity index (χ1n) is 8.49. The van der Waals surface area contributed by atoms with Gasteiger partial charge in [-0.05, 0) is 50.0 Å². The van der Waals surface area contributed by atoms with Crippen molar-refractivity contribution in [3.05, 3.63) is 35.9 Å². The highest BCUT2D eigenvalue weighted by molar-refractivity contribution is 5.74. The van der Waals surface area contributed by atoms with Crippen molar-refractivity contribution >= 4 is 6.03 Å². The first kappa shape index (κ1) is 16.8. The van der Waals surface area contributed by atoms with Gasteiger partial charge in [0, 0.05) is 18.6 Å². The number of nitrogens with one attached hydrogen (secondary N) is 2. The molecule has 4 N–H and O–H groups in total. The normalized spacial score (nSPS) is 24.7. The summed E-state index contributed by atoms with van der Waals surface area (Å²) in [4.78, 5) is 11.9. The number of carbonyl (C=O) groups is 1. The van der Waals surface area contributed by atoms with Crippen LogP contribution in [0.3, 0.4) is 0 Å². The smallest absolute Gasteiger partial charge is 0.315 e. The van der Waals surface area contributed by atoms with E-state index in [9.17, 15) is 4.79 Å². The van der Waals surface area contributed by atoms with E-state index in [1.807, 2.05) is 6.07 Å². The topological polar surface area (TPSA) is 67.1 Å². The average molecular weight is 303 g/mol. The number of aryl methyl sites for hydroxylation is 1. The number of urea groups is 1. The van der Waals surface area contributed by atoms with Crippen LogP contribution < -0.4 is 16.4 Å². The van der Waals surface area contributed by atoms with Gasteiger partial charge in [0.25, 0.3) is 0 Å². The Kier molecular flexibility index (Phi) is 6.72. The molecule has 1 aromatic rings. The molecule has 3 unspecified atom stereocenters. The van der Waals surface area contributed by atoms with Crippen molar-refractivity contribution in [1.82, 2.24) is 10.6 Å². The SMILES string of the molecule is CC1CC(N)CCC1NC(=O)NCCCCc1ccccc1. The van der Waals surface area contributed by atoms with Crippen LogP contribution in [0.15, 0.2) is 30.3 Å². The van der Waals surface area contributed by atoms with Crippen LogP contribution in [0.2, 0.25) is 0 Å². The summed E-state index contributed by atoms with van der Waals surface area (Å²) in [6, 6.07) is 11.0. The lowest BCUT2D eigenvalue weighted by molar-refractivity contribution is 0.216. The zero-order valence-electron chi connectivity index (χ0n) is 13.6. The van der Waals surface area contributed by atoms with Crippen molar-refractivity contribution in [2.45, 2.75) is 57.5 Å². The van der Waals surface area contributed by atoms with Crippen LogP contribution in [0.1, 0.15) is 44.6 Å². The van der Waals surface area contributed by atoms with Crippen molar-refractivity contribution < 1.29 is 4.79 Å². The lowest BCUT2D eigenvalue weighted by Gasteiger charge is -2.32. The molecule has 0 bridgehead atoms. The fourth-order valence-corrected chi connectivity index (χ4v) is 3.17. The highest BCUT2D eigenvalue weighted by Crippen LogP contribution is 2.23. The third-order valence-electron chi connectivity index (χ3n) is 4.55. The van der Waals surface area contributed by atoms with Gasteiger partial charge in [-0.25, -0.2) is 4.79 Å². The summed E-state index contributed by atoms with van der Waals surface area (Å²) in [5.74, 6) is 0.465. The fourth-order valence-electron chi connectivity index (χ4n) is 3.17. The summed E-state index contributed by atoms with van der Waals surface area (Å²) in [7, 11) is 0. The number of nitrogens with two attached hydrogens (primary N) is 1. The van der Waals surface area contributed by atoms with Crippen molar-refractivity contribution in [3.63, 3.8) is 0 Å². The van der Waals surface area contributed by atoms with E-state index < -0.39 is 0 Å². The Balaban J connectivity index is 1.56. The van der Waals surface area contributed by atoms with E-state index in [0.717, 1.165) is 45.1 Å². The number of hydrogen-bond donors (Lipinski definition) is 3. The fraction of sp³-hybridized carbons (Fsp3) is 0.611. The molecule has 0 heterocycles. The predicted octanol–water partition coefficient (Wildman–Crippen LogP) is 2.82. The number of hydrogen-bond acceptors (Lipinski definition) is 2. The Morgan fingerprint density at radius 3 is 2.73 bits per heavy atom. The van der Waals surface area contributed by atoms with Crippen LogP contribution in [0.25, 0.3) is 0 Å². The number of carbonyl (C=O) groups excluding carboxylic acids is 1. The van der Waals surface area contributed by atoms with E-state index in [2.05, 4.69) is 41.8 Å². The summed E-state index contributed by atoms with van der Waals surface area (Å²) in [6.45, 7) is 2.91. The second-order valence-electron chi connectivity index (χ2n) is 6.50. The molecule has 4 heteroatoms. The maximum Gasteiger partial charge on any atom is 0.315 e. The molecule has 0 saturated heterocycles. The average Bonchev–Trinajstić information content (AvgIpc) is 2.51. The van der Waals surface area contributed by atoms with E-state index in [4.69, 9.17) is 5.73 Å². The molecular formula is C18H29N3O. The molecule has 0 radical (unpaired) electrons. The molecule has 0 spiro atoms. The van der Waals surface area contributed by atoms with Gasteiger partial charge < -0.3 is 16.4 Å². The number of benzene rings is 1. The summed E-state index contributed by atoms with van der Waals surface area (Å²) in [5.41, 5.74) is 7.31. The highest BCUT2D eigenvalue weighted by atomic mass is 16.2. The molecule has 1 saturated carbocycles.